The highest BCUT2D eigenvalue weighted by Crippen LogP contribution is 2.32. The van der Waals surface area contributed by atoms with Crippen molar-refractivity contribution in [3.8, 4) is 6.07 Å². The van der Waals surface area contributed by atoms with Crippen LogP contribution in [-0.4, -0.2) is 16.6 Å². The predicted octanol–water partition coefficient (Wildman–Crippen LogP) is 4.89. The van der Waals surface area contributed by atoms with E-state index in [0.717, 1.165) is 0 Å². The number of nitro benzene ring substituents is 1. The van der Waals surface area contributed by atoms with Crippen molar-refractivity contribution in [1.29, 1.82) is 5.26 Å². The van der Waals surface area contributed by atoms with E-state index in [2.05, 4.69) is 5.32 Å². The number of amides is 1. The number of nitrogens with zero attached hydrogens (tertiary/aromatic N) is 2. The van der Waals surface area contributed by atoms with Gasteiger partial charge in [-0.1, -0.05) is 35.3 Å². The molecule has 1 atom stereocenters. The maximum atomic E-state index is 12.4. The molecule has 1 amide bonds. The maximum Gasteiger partial charge on any atom is 0.271 e. The molecule has 0 aliphatic carbocycles. The number of non-ortho nitro benzene ring substituents is 1. The van der Waals surface area contributed by atoms with Gasteiger partial charge in [0.2, 0.25) is 5.91 Å². The Morgan fingerprint density at radius 2 is 1.79 bits per heavy atom. The molecule has 0 fully saturated rings. The van der Waals surface area contributed by atoms with Gasteiger partial charge >= 0.3 is 0 Å². The van der Waals surface area contributed by atoms with Crippen molar-refractivity contribution >= 4 is 46.3 Å². The van der Waals surface area contributed by atoms with E-state index in [-0.39, 0.29) is 46.3 Å². The first-order chi connectivity index (χ1) is 13.3. The fraction of sp³-hybridized carbons (Fsp3) is 0.211. The molecule has 0 saturated heterocycles. The van der Waals surface area contributed by atoms with Crippen LogP contribution in [0.25, 0.3) is 0 Å². The molecule has 0 spiro atoms. The molecule has 144 valence electrons. The number of anilines is 1. The molecule has 0 aliphatic heterocycles. The Balaban J connectivity index is 1.92. The van der Waals surface area contributed by atoms with E-state index in [0.29, 0.717) is 5.69 Å². The highest BCUT2D eigenvalue weighted by molar-refractivity contribution is 6.36. The Morgan fingerprint density at radius 3 is 2.39 bits per heavy atom. The first-order valence-corrected chi connectivity index (χ1v) is 8.99. The number of benzene rings is 2. The van der Waals surface area contributed by atoms with Gasteiger partial charge in [-0.3, -0.25) is 19.7 Å². The Hall–Kier alpha value is -2.95. The number of Topliss-reactive ketones (excluding diaryl/α,β-unsaturated/α-hetero) is 1. The lowest BCUT2D eigenvalue weighted by Crippen LogP contribution is -2.15. The first kappa shape index (κ1) is 21.4. The molecule has 2 rings (SSSR count). The van der Waals surface area contributed by atoms with Crippen LogP contribution in [0, 0.1) is 21.4 Å². The number of hydrogen-bond acceptors (Lipinski definition) is 5. The van der Waals surface area contributed by atoms with Crippen molar-refractivity contribution in [2.75, 3.05) is 5.32 Å². The first-order valence-electron chi connectivity index (χ1n) is 8.24. The number of nitrogens with one attached hydrogen (secondary N) is 1. The maximum absolute atomic E-state index is 12.4. The van der Waals surface area contributed by atoms with Crippen LogP contribution in [0.4, 0.5) is 11.4 Å². The van der Waals surface area contributed by atoms with Gasteiger partial charge in [-0.05, 0) is 24.6 Å². The molecule has 9 heteroatoms. The van der Waals surface area contributed by atoms with Gasteiger partial charge in [0.25, 0.3) is 5.69 Å². The van der Waals surface area contributed by atoms with Gasteiger partial charge in [0, 0.05) is 46.3 Å². The molecular weight excluding hydrogens is 405 g/mol. The average Bonchev–Trinajstić information content (AvgIpc) is 2.64. The number of rotatable bonds is 8. The topological polar surface area (TPSA) is 113 Å². The Labute approximate surface area is 171 Å². The summed E-state index contributed by atoms with van der Waals surface area (Å²) < 4.78 is 0. The third-order valence-corrected chi connectivity index (χ3v) is 4.57. The third-order valence-electron chi connectivity index (χ3n) is 3.91. The zero-order valence-corrected chi connectivity index (χ0v) is 16.0. The van der Waals surface area contributed by atoms with Crippen molar-refractivity contribution in [2.45, 2.75) is 25.2 Å². The largest absolute Gasteiger partial charge is 0.326 e. The molecule has 0 saturated carbocycles. The van der Waals surface area contributed by atoms with Crippen LogP contribution in [0.15, 0.2) is 42.5 Å². The van der Waals surface area contributed by atoms with E-state index in [1.165, 1.54) is 24.3 Å². The lowest BCUT2D eigenvalue weighted by atomic mass is 9.93. The number of carbonyl (C=O) groups excluding carboxylic acids is 2. The van der Waals surface area contributed by atoms with Crippen LogP contribution in [-0.2, 0) is 9.59 Å². The number of nitriles is 1. The second kappa shape index (κ2) is 9.83. The van der Waals surface area contributed by atoms with Crippen molar-refractivity contribution in [3.05, 3.63) is 68.2 Å². The van der Waals surface area contributed by atoms with Gasteiger partial charge < -0.3 is 5.32 Å². The van der Waals surface area contributed by atoms with E-state index < -0.39 is 16.7 Å². The van der Waals surface area contributed by atoms with Crippen LogP contribution in [0.1, 0.15) is 30.7 Å². The summed E-state index contributed by atoms with van der Waals surface area (Å²) in [6.45, 7) is 0. The quantitative estimate of drug-likeness (QED) is 0.483. The molecule has 2 aromatic rings. The smallest absolute Gasteiger partial charge is 0.271 e. The van der Waals surface area contributed by atoms with Gasteiger partial charge in [-0.15, -0.1) is 0 Å². The number of nitro groups is 1. The summed E-state index contributed by atoms with van der Waals surface area (Å²) >= 11 is 12.1. The standard InChI is InChI=1S/C19H15Cl2N3O4/c20-15-6-2-7-16(21)19(15)14(11-22)17(25)8-3-9-18(26)23-12-4-1-5-13(10-12)24(27)28/h1-2,4-7,10,14H,3,8-9H2,(H,23,26). The predicted molar refractivity (Wildman–Crippen MR) is 105 cm³/mol. The van der Waals surface area contributed by atoms with E-state index >= 15 is 0 Å². The average molecular weight is 420 g/mol. The van der Waals surface area contributed by atoms with Gasteiger partial charge in [0.15, 0.2) is 5.78 Å². The molecule has 1 N–H and O–H groups in total. The summed E-state index contributed by atoms with van der Waals surface area (Å²) in [6.07, 6.45) is 0.213. The normalized spacial score (nSPS) is 11.3. The van der Waals surface area contributed by atoms with Crippen molar-refractivity contribution in [2.24, 2.45) is 0 Å². The Morgan fingerprint density at radius 1 is 1.14 bits per heavy atom. The van der Waals surface area contributed by atoms with Crippen LogP contribution in [0.2, 0.25) is 10.0 Å². The zero-order valence-electron chi connectivity index (χ0n) is 14.5. The molecule has 0 radical (unpaired) electrons. The van der Waals surface area contributed by atoms with Crippen LogP contribution in [0.3, 0.4) is 0 Å². The van der Waals surface area contributed by atoms with E-state index in [1.807, 2.05) is 6.07 Å². The van der Waals surface area contributed by atoms with E-state index in [4.69, 9.17) is 23.2 Å². The summed E-state index contributed by atoms with van der Waals surface area (Å²) in [4.78, 5) is 34.6. The molecule has 7 nitrogen and oxygen atoms in total. The number of hydrogen-bond donors (Lipinski definition) is 1. The molecule has 1 unspecified atom stereocenters. The summed E-state index contributed by atoms with van der Waals surface area (Å²) in [5.74, 6) is -1.89. The van der Waals surface area contributed by atoms with Gasteiger partial charge in [0.1, 0.15) is 5.92 Å². The number of ketones is 1. The van der Waals surface area contributed by atoms with Crippen LogP contribution in [0.5, 0.6) is 0 Å². The van der Waals surface area contributed by atoms with Crippen LogP contribution >= 0.6 is 23.2 Å². The Bertz CT molecular complexity index is 936. The highest BCUT2D eigenvalue weighted by Gasteiger charge is 2.24. The minimum absolute atomic E-state index is 0.0118. The van der Waals surface area contributed by atoms with Crippen molar-refractivity contribution in [3.63, 3.8) is 0 Å². The fourth-order valence-corrected chi connectivity index (χ4v) is 3.19. The summed E-state index contributed by atoms with van der Waals surface area (Å²) in [6, 6.07) is 12.2. The van der Waals surface area contributed by atoms with Gasteiger partial charge in [-0.25, -0.2) is 0 Å². The number of carbonyl (C=O) groups is 2. The van der Waals surface area contributed by atoms with Crippen LogP contribution < -0.4 is 5.32 Å². The molecule has 0 aromatic heterocycles. The molecule has 0 heterocycles. The lowest BCUT2D eigenvalue weighted by molar-refractivity contribution is -0.384. The second-order valence-electron chi connectivity index (χ2n) is 5.87. The van der Waals surface area contributed by atoms with Gasteiger partial charge in [0.05, 0.1) is 11.0 Å². The molecule has 0 bridgehead atoms. The second-order valence-corrected chi connectivity index (χ2v) is 6.69. The Kier molecular flexibility index (Phi) is 7.50. The summed E-state index contributed by atoms with van der Waals surface area (Å²) in [7, 11) is 0. The van der Waals surface area contributed by atoms with Crippen molar-refractivity contribution in [1.82, 2.24) is 0 Å². The fourth-order valence-electron chi connectivity index (χ4n) is 2.57. The molecule has 28 heavy (non-hydrogen) atoms. The summed E-state index contributed by atoms with van der Waals surface area (Å²) in [5, 5.41) is 23.1. The third kappa shape index (κ3) is 5.52. The molecule has 2 aromatic carbocycles. The monoisotopic (exact) mass is 419 g/mol. The summed E-state index contributed by atoms with van der Waals surface area (Å²) in [5.41, 5.74) is 0.420. The van der Waals surface area contributed by atoms with Crippen molar-refractivity contribution < 1.29 is 14.5 Å². The SMILES string of the molecule is N#CC(C(=O)CCCC(=O)Nc1cccc([N+](=O)[O-])c1)c1c(Cl)cccc1Cl. The lowest BCUT2D eigenvalue weighted by Gasteiger charge is -2.12. The highest BCUT2D eigenvalue weighted by atomic mass is 35.5. The minimum atomic E-state index is -1.11. The number of halogens is 2. The van der Waals surface area contributed by atoms with Gasteiger partial charge in [-0.2, -0.15) is 5.26 Å². The van der Waals surface area contributed by atoms with E-state index in [9.17, 15) is 25.0 Å². The zero-order chi connectivity index (χ0) is 20.7. The molecule has 0 aliphatic rings. The minimum Gasteiger partial charge on any atom is -0.326 e. The van der Waals surface area contributed by atoms with E-state index in [1.54, 1.807) is 18.2 Å². The molecular formula is C19H15Cl2N3O4.